The number of ether oxygens (including phenoxy) is 2. The summed E-state index contributed by atoms with van der Waals surface area (Å²) in [6.45, 7) is 0.522. The number of methoxy groups -OCH3 is 2. The molecule has 2 N–H and O–H groups in total. The number of anilines is 3. The van der Waals surface area contributed by atoms with Gasteiger partial charge in [-0.05, 0) is 35.9 Å². The first-order valence-electron chi connectivity index (χ1n) is 8.30. The van der Waals surface area contributed by atoms with Crippen molar-refractivity contribution in [1.29, 1.82) is 0 Å². The highest BCUT2D eigenvalue weighted by Gasteiger charge is 2.10. The Labute approximate surface area is 166 Å². The van der Waals surface area contributed by atoms with E-state index in [2.05, 4.69) is 25.8 Å². The minimum Gasteiger partial charge on any atom is -0.497 e. The Bertz CT molecular complexity index is 966. The van der Waals surface area contributed by atoms with Gasteiger partial charge in [0.1, 0.15) is 5.75 Å². The van der Waals surface area contributed by atoms with Crippen molar-refractivity contribution in [1.82, 2.24) is 15.2 Å². The van der Waals surface area contributed by atoms with Gasteiger partial charge in [0.25, 0.3) is 0 Å². The Balaban J connectivity index is 1.70. The number of carbonyl (C=O) groups is 1. The van der Waals surface area contributed by atoms with Crippen LogP contribution in [0.4, 0.5) is 17.5 Å². The van der Waals surface area contributed by atoms with E-state index in [-0.39, 0.29) is 0 Å². The molecule has 0 saturated heterocycles. The van der Waals surface area contributed by atoms with E-state index >= 15 is 0 Å². The van der Waals surface area contributed by atoms with Crippen molar-refractivity contribution in [3.05, 3.63) is 64.8 Å². The number of rotatable bonds is 7. The van der Waals surface area contributed by atoms with Crippen molar-refractivity contribution >= 4 is 35.0 Å². The molecule has 0 amide bonds. The summed E-state index contributed by atoms with van der Waals surface area (Å²) in [7, 11) is 2.94. The lowest BCUT2D eigenvalue weighted by molar-refractivity contribution is 0.0601. The van der Waals surface area contributed by atoms with E-state index in [1.165, 1.54) is 13.3 Å². The van der Waals surface area contributed by atoms with Crippen LogP contribution in [0.2, 0.25) is 5.02 Å². The molecule has 0 radical (unpaired) electrons. The van der Waals surface area contributed by atoms with Gasteiger partial charge in [-0.3, -0.25) is 0 Å². The molecule has 1 heterocycles. The van der Waals surface area contributed by atoms with E-state index in [1.54, 1.807) is 25.3 Å². The van der Waals surface area contributed by atoms with Crippen LogP contribution in [-0.4, -0.2) is 35.4 Å². The zero-order chi connectivity index (χ0) is 19.9. The minimum absolute atomic E-state index is 0.348. The zero-order valence-electron chi connectivity index (χ0n) is 15.3. The van der Waals surface area contributed by atoms with E-state index in [9.17, 15) is 4.79 Å². The van der Waals surface area contributed by atoms with Crippen LogP contribution in [0.5, 0.6) is 5.75 Å². The maximum absolute atomic E-state index is 11.7. The molecule has 0 fully saturated rings. The van der Waals surface area contributed by atoms with E-state index in [0.717, 1.165) is 11.3 Å². The maximum Gasteiger partial charge on any atom is 0.337 e. The third-order valence-electron chi connectivity index (χ3n) is 3.82. The number of halogens is 1. The van der Waals surface area contributed by atoms with Crippen LogP contribution in [0.1, 0.15) is 15.9 Å². The van der Waals surface area contributed by atoms with E-state index in [4.69, 9.17) is 21.1 Å². The monoisotopic (exact) mass is 399 g/mol. The molecule has 0 spiro atoms. The molecule has 0 atom stereocenters. The van der Waals surface area contributed by atoms with Gasteiger partial charge in [-0.1, -0.05) is 23.7 Å². The quantitative estimate of drug-likeness (QED) is 0.580. The SMILES string of the molecule is COC(=O)c1ccc(Cl)c(Nc2cnnc(NCc3ccc(OC)cc3)n2)c1. The van der Waals surface area contributed by atoms with Crippen LogP contribution >= 0.6 is 11.6 Å². The molecule has 2 aromatic carbocycles. The first-order valence-corrected chi connectivity index (χ1v) is 8.68. The molecule has 3 aromatic rings. The third-order valence-corrected chi connectivity index (χ3v) is 4.15. The molecule has 3 rings (SSSR count). The van der Waals surface area contributed by atoms with E-state index in [0.29, 0.717) is 34.6 Å². The molecule has 1 aromatic heterocycles. The molecule has 0 aliphatic heterocycles. The molecule has 0 unspecified atom stereocenters. The molecule has 0 saturated carbocycles. The topological polar surface area (TPSA) is 98.3 Å². The van der Waals surface area contributed by atoms with Crippen LogP contribution in [0, 0.1) is 0 Å². The Morgan fingerprint density at radius 3 is 2.64 bits per heavy atom. The summed E-state index contributed by atoms with van der Waals surface area (Å²) in [6.07, 6.45) is 1.46. The number of nitrogens with one attached hydrogen (secondary N) is 2. The fraction of sp³-hybridized carbons (Fsp3) is 0.158. The Morgan fingerprint density at radius 1 is 1.14 bits per heavy atom. The first-order chi connectivity index (χ1) is 13.6. The fourth-order valence-electron chi connectivity index (χ4n) is 2.37. The summed E-state index contributed by atoms with van der Waals surface area (Å²) >= 11 is 6.20. The van der Waals surface area contributed by atoms with Crippen molar-refractivity contribution in [2.45, 2.75) is 6.54 Å². The van der Waals surface area contributed by atoms with E-state index in [1.807, 2.05) is 24.3 Å². The van der Waals surface area contributed by atoms with Gasteiger partial charge < -0.3 is 20.1 Å². The van der Waals surface area contributed by atoms with Gasteiger partial charge >= 0.3 is 5.97 Å². The molecule has 0 aliphatic carbocycles. The van der Waals surface area contributed by atoms with Gasteiger partial charge in [-0.2, -0.15) is 10.1 Å². The number of hydrogen-bond acceptors (Lipinski definition) is 8. The van der Waals surface area contributed by atoms with Gasteiger partial charge in [-0.25, -0.2) is 4.79 Å². The number of aromatic nitrogens is 3. The Morgan fingerprint density at radius 2 is 1.93 bits per heavy atom. The largest absolute Gasteiger partial charge is 0.497 e. The third kappa shape index (κ3) is 4.86. The van der Waals surface area contributed by atoms with Gasteiger partial charge in [0.05, 0.1) is 36.7 Å². The van der Waals surface area contributed by atoms with Crippen molar-refractivity contribution in [2.24, 2.45) is 0 Å². The molecular formula is C19H18ClN5O3. The second-order valence-electron chi connectivity index (χ2n) is 5.68. The second kappa shape index (κ2) is 9.01. The van der Waals surface area contributed by atoms with Gasteiger partial charge in [-0.15, -0.1) is 5.10 Å². The summed E-state index contributed by atoms with van der Waals surface area (Å²) < 4.78 is 9.86. The number of benzene rings is 2. The molecule has 9 heteroatoms. The molecule has 144 valence electrons. The van der Waals surface area contributed by atoms with Crippen molar-refractivity contribution in [3.8, 4) is 5.75 Å². The van der Waals surface area contributed by atoms with Crippen LogP contribution in [0.25, 0.3) is 0 Å². The van der Waals surface area contributed by atoms with Gasteiger partial charge in [0, 0.05) is 6.54 Å². The van der Waals surface area contributed by atoms with Crippen molar-refractivity contribution in [2.75, 3.05) is 24.9 Å². The number of nitrogens with zero attached hydrogens (tertiary/aromatic N) is 3. The normalized spacial score (nSPS) is 10.2. The molecular weight excluding hydrogens is 382 g/mol. The summed E-state index contributed by atoms with van der Waals surface area (Å²) in [4.78, 5) is 16.1. The minimum atomic E-state index is -0.456. The number of esters is 1. The predicted octanol–water partition coefficient (Wildman–Crippen LogP) is 3.68. The lowest BCUT2D eigenvalue weighted by Crippen LogP contribution is -2.07. The standard InChI is InChI=1S/C19H18ClN5O3/c1-27-14-6-3-12(4-7-14)10-21-19-24-17(11-22-25-19)23-16-9-13(18(26)28-2)5-8-15(16)20/h3-9,11H,10H2,1-2H3,(H2,21,23,24,25). The zero-order valence-corrected chi connectivity index (χ0v) is 16.0. The molecule has 8 nitrogen and oxygen atoms in total. The average molecular weight is 400 g/mol. The highest BCUT2D eigenvalue weighted by atomic mass is 35.5. The Hall–Kier alpha value is -3.39. The number of hydrogen-bond donors (Lipinski definition) is 2. The molecule has 0 bridgehead atoms. The second-order valence-corrected chi connectivity index (χ2v) is 6.09. The van der Waals surface area contributed by atoms with Crippen LogP contribution < -0.4 is 15.4 Å². The predicted molar refractivity (Wildman–Crippen MR) is 106 cm³/mol. The molecule has 28 heavy (non-hydrogen) atoms. The number of carbonyl (C=O) groups excluding carboxylic acids is 1. The summed E-state index contributed by atoms with van der Waals surface area (Å²) in [6, 6.07) is 12.4. The summed E-state index contributed by atoms with van der Waals surface area (Å²) in [5, 5.41) is 14.5. The Kier molecular flexibility index (Phi) is 6.23. The van der Waals surface area contributed by atoms with Gasteiger partial charge in [0.15, 0.2) is 5.82 Å². The van der Waals surface area contributed by atoms with Crippen LogP contribution in [-0.2, 0) is 11.3 Å². The average Bonchev–Trinajstić information content (AvgIpc) is 2.74. The molecule has 0 aliphatic rings. The first kappa shape index (κ1) is 19.4. The van der Waals surface area contributed by atoms with Crippen molar-refractivity contribution < 1.29 is 14.3 Å². The van der Waals surface area contributed by atoms with Crippen LogP contribution in [0.15, 0.2) is 48.7 Å². The highest BCUT2D eigenvalue weighted by molar-refractivity contribution is 6.33. The highest BCUT2D eigenvalue weighted by Crippen LogP contribution is 2.26. The fourth-order valence-corrected chi connectivity index (χ4v) is 2.53. The smallest absolute Gasteiger partial charge is 0.337 e. The van der Waals surface area contributed by atoms with Crippen molar-refractivity contribution in [3.63, 3.8) is 0 Å². The maximum atomic E-state index is 11.7. The summed E-state index contributed by atoms with van der Waals surface area (Å²) in [5.74, 6) is 1.11. The summed E-state index contributed by atoms with van der Waals surface area (Å²) in [5.41, 5.74) is 1.91. The lowest BCUT2D eigenvalue weighted by atomic mass is 10.2. The lowest BCUT2D eigenvalue weighted by Gasteiger charge is -2.10. The van der Waals surface area contributed by atoms with Gasteiger partial charge in [0.2, 0.25) is 5.95 Å². The van der Waals surface area contributed by atoms with Crippen LogP contribution in [0.3, 0.4) is 0 Å². The van der Waals surface area contributed by atoms with E-state index < -0.39 is 5.97 Å².